The highest BCUT2D eigenvalue weighted by atomic mass is 16.5. The third kappa shape index (κ3) is 3.73. The quantitative estimate of drug-likeness (QED) is 0.738. The van der Waals surface area contributed by atoms with Gasteiger partial charge in [0.15, 0.2) is 5.78 Å². The predicted octanol–water partition coefficient (Wildman–Crippen LogP) is 5.30. The second-order valence-corrected chi connectivity index (χ2v) is 10.8. The van der Waals surface area contributed by atoms with Crippen LogP contribution in [0.1, 0.15) is 72.3 Å². The Morgan fingerprint density at radius 1 is 1.00 bits per heavy atom. The lowest BCUT2D eigenvalue weighted by molar-refractivity contribution is -0.125. The van der Waals surface area contributed by atoms with E-state index in [1.165, 1.54) is 0 Å². The van der Waals surface area contributed by atoms with Gasteiger partial charge >= 0.3 is 0 Å². The van der Waals surface area contributed by atoms with Crippen LogP contribution in [0.4, 0.5) is 0 Å². The molecule has 0 saturated carbocycles. The van der Waals surface area contributed by atoms with Gasteiger partial charge in [-0.05, 0) is 37.2 Å². The Hall–Kier alpha value is -2.36. The van der Waals surface area contributed by atoms with Crippen molar-refractivity contribution < 1.29 is 14.3 Å². The first-order chi connectivity index (χ1) is 14.0. The molecule has 0 spiro atoms. The number of ether oxygens (including phenoxy) is 1. The van der Waals surface area contributed by atoms with Crippen molar-refractivity contribution in [2.45, 2.75) is 72.8 Å². The van der Waals surface area contributed by atoms with Crippen molar-refractivity contribution in [3.8, 4) is 5.75 Å². The van der Waals surface area contributed by atoms with Crippen LogP contribution in [0, 0.1) is 16.7 Å². The van der Waals surface area contributed by atoms with Crippen molar-refractivity contribution in [1.29, 1.82) is 0 Å². The highest BCUT2D eigenvalue weighted by Crippen LogP contribution is 2.52. The zero-order valence-corrected chi connectivity index (χ0v) is 19.0. The van der Waals surface area contributed by atoms with Gasteiger partial charge < -0.3 is 10.1 Å². The second-order valence-electron chi connectivity index (χ2n) is 10.8. The molecule has 4 heteroatoms. The fourth-order valence-electron chi connectivity index (χ4n) is 5.36. The minimum atomic E-state index is -0.362. The number of Topliss-reactive ketones (excluding diaryl/α,β-unsaturated/α-hetero) is 2. The number of para-hydroxylation sites is 1. The van der Waals surface area contributed by atoms with Gasteiger partial charge in [0.1, 0.15) is 11.5 Å². The standard InChI is InChI=1S/C26H33NO3/c1-15(2)30-21-10-8-7-9-16(21)22-23-17(11-25(3,4)13-19(23)28)27-18-12-26(5,6)14-20(29)24(18)22/h7-11,15,22-23,27H,12-14H2,1-6H3. The van der Waals surface area contributed by atoms with E-state index in [4.69, 9.17) is 4.74 Å². The Labute approximate surface area is 179 Å². The Morgan fingerprint density at radius 2 is 1.70 bits per heavy atom. The fraction of sp³-hybridized carbons (Fsp3) is 0.538. The summed E-state index contributed by atoms with van der Waals surface area (Å²) >= 11 is 0. The molecule has 1 aromatic rings. The van der Waals surface area contributed by atoms with Gasteiger partial charge in [-0.3, -0.25) is 9.59 Å². The molecule has 0 fully saturated rings. The van der Waals surface area contributed by atoms with E-state index in [1.807, 2.05) is 38.1 Å². The molecule has 0 radical (unpaired) electrons. The maximum absolute atomic E-state index is 13.4. The molecule has 1 aromatic carbocycles. The summed E-state index contributed by atoms with van der Waals surface area (Å²) in [6.07, 6.45) is 4.00. The van der Waals surface area contributed by atoms with E-state index in [1.54, 1.807) is 0 Å². The number of carbonyl (C=O) groups excluding carboxylic acids is 2. The average molecular weight is 408 g/mol. The lowest BCUT2D eigenvalue weighted by atomic mass is 9.62. The van der Waals surface area contributed by atoms with Crippen LogP contribution in [0.5, 0.6) is 5.75 Å². The normalized spacial score (nSPS) is 27.2. The van der Waals surface area contributed by atoms with E-state index in [-0.39, 0.29) is 40.3 Å². The summed E-state index contributed by atoms with van der Waals surface area (Å²) in [5, 5.41) is 3.55. The van der Waals surface area contributed by atoms with Gasteiger partial charge in [0, 0.05) is 41.3 Å². The van der Waals surface area contributed by atoms with E-state index in [0.29, 0.717) is 12.8 Å². The van der Waals surface area contributed by atoms with Gasteiger partial charge in [-0.25, -0.2) is 0 Å². The highest BCUT2D eigenvalue weighted by molar-refractivity contribution is 6.02. The largest absolute Gasteiger partial charge is 0.491 e. The Morgan fingerprint density at radius 3 is 2.40 bits per heavy atom. The smallest absolute Gasteiger partial charge is 0.161 e. The minimum Gasteiger partial charge on any atom is -0.491 e. The van der Waals surface area contributed by atoms with Gasteiger partial charge in [0.25, 0.3) is 0 Å². The molecule has 1 aliphatic heterocycles. The molecule has 160 valence electrons. The molecule has 4 nitrogen and oxygen atoms in total. The Kier molecular flexibility index (Phi) is 4.95. The molecular formula is C26H33NO3. The molecule has 0 bridgehead atoms. The first kappa shape index (κ1) is 20.9. The molecule has 2 unspecified atom stereocenters. The van der Waals surface area contributed by atoms with Gasteiger partial charge in [0.2, 0.25) is 0 Å². The fourth-order valence-corrected chi connectivity index (χ4v) is 5.36. The van der Waals surface area contributed by atoms with E-state index >= 15 is 0 Å². The van der Waals surface area contributed by atoms with Crippen molar-refractivity contribution in [3.63, 3.8) is 0 Å². The number of nitrogens with one attached hydrogen (secondary N) is 1. The molecule has 4 rings (SSSR count). The van der Waals surface area contributed by atoms with Gasteiger partial charge in [-0.15, -0.1) is 0 Å². The van der Waals surface area contributed by atoms with Crippen LogP contribution >= 0.6 is 0 Å². The average Bonchev–Trinajstić information content (AvgIpc) is 2.57. The van der Waals surface area contributed by atoms with Crippen molar-refractivity contribution in [1.82, 2.24) is 5.32 Å². The van der Waals surface area contributed by atoms with Gasteiger partial charge in [0.05, 0.1) is 12.0 Å². The molecule has 1 N–H and O–H groups in total. The third-order valence-electron chi connectivity index (χ3n) is 6.33. The zero-order chi connectivity index (χ0) is 21.8. The van der Waals surface area contributed by atoms with Crippen molar-refractivity contribution in [3.05, 3.63) is 52.9 Å². The third-order valence-corrected chi connectivity index (χ3v) is 6.33. The van der Waals surface area contributed by atoms with E-state index in [9.17, 15) is 9.59 Å². The summed E-state index contributed by atoms with van der Waals surface area (Å²) in [6.45, 7) is 12.5. The topological polar surface area (TPSA) is 55.4 Å². The summed E-state index contributed by atoms with van der Waals surface area (Å²) in [6, 6.07) is 7.90. The highest BCUT2D eigenvalue weighted by Gasteiger charge is 2.49. The lowest BCUT2D eigenvalue weighted by Gasteiger charge is -2.46. The summed E-state index contributed by atoms with van der Waals surface area (Å²) in [4.78, 5) is 26.8. The molecule has 0 amide bonds. The van der Waals surface area contributed by atoms with Crippen molar-refractivity contribution >= 4 is 11.6 Å². The molecule has 1 heterocycles. The summed E-state index contributed by atoms with van der Waals surface area (Å²) in [5.41, 5.74) is 3.36. The summed E-state index contributed by atoms with van der Waals surface area (Å²) in [5.74, 6) is 0.447. The number of allylic oxidation sites excluding steroid dienone is 4. The SMILES string of the molecule is CC(C)Oc1ccccc1C1C2=C(CC(C)(C)CC2=O)NC2=CC(C)(C)CC(=O)C21. The van der Waals surface area contributed by atoms with Crippen LogP contribution in [0.2, 0.25) is 0 Å². The molecule has 2 atom stereocenters. The number of carbonyl (C=O) groups is 2. The van der Waals surface area contributed by atoms with Gasteiger partial charge in [-0.2, -0.15) is 0 Å². The molecule has 3 aliphatic rings. The molecule has 0 aromatic heterocycles. The lowest BCUT2D eigenvalue weighted by Crippen LogP contribution is -2.46. The monoisotopic (exact) mass is 407 g/mol. The first-order valence-electron chi connectivity index (χ1n) is 11.0. The maximum atomic E-state index is 13.4. The van der Waals surface area contributed by atoms with Gasteiger partial charge in [-0.1, -0.05) is 52.0 Å². The van der Waals surface area contributed by atoms with E-state index < -0.39 is 0 Å². The summed E-state index contributed by atoms with van der Waals surface area (Å²) < 4.78 is 6.13. The van der Waals surface area contributed by atoms with Crippen LogP contribution in [0.3, 0.4) is 0 Å². The number of fused-ring (bicyclic) bond motifs is 1. The summed E-state index contributed by atoms with van der Waals surface area (Å²) in [7, 11) is 0. The Bertz CT molecular complexity index is 964. The maximum Gasteiger partial charge on any atom is 0.161 e. The van der Waals surface area contributed by atoms with Crippen LogP contribution in [-0.2, 0) is 9.59 Å². The number of benzene rings is 1. The van der Waals surface area contributed by atoms with Crippen LogP contribution < -0.4 is 10.1 Å². The number of rotatable bonds is 3. The molecule has 30 heavy (non-hydrogen) atoms. The van der Waals surface area contributed by atoms with Crippen LogP contribution in [0.15, 0.2) is 47.3 Å². The van der Waals surface area contributed by atoms with E-state index in [0.717, 1.165) is 34.7 Å². The van der Waals surface area contributed by atoms with Crippen molar-refractivity contribution in [2.75, 3.05) is 0 Å². The van der Waals surface area contributed by atoms with Crippen LogP contribution in [0.25, 0.3) is 0 Å². The number of ketones is 2. The Balaban J connectivity index is 1.94. The van der Waals surface area contributed by atoms with E-state index in [2.05, 4.69) is 39.1 Å². The molecule has 2 aliphatic carbocycles. The molecule has 0 saturated heterocycles. The zero-order valence-electron chi connectivity index (χ0n) is 19.0. The predicted molar refractivity (Wildman–Crippen MR) is 118 cm³/mol. The molecular weight excluding hydrogens is 374 g/mol. The number of hydrogen-bond acceptors (Lipinski definition) is 4. The van der Waals surface area contributed by atoms with Crippen molar-refractivity contribution in [2.24, 2.45) is 16.7 Å². The second kappa shape index (κ2) is 7.11. The number of hydrogen-bond donors (Lipinski definition) is 1. The first-order valence-corrected chi connectivity index (χ1v) is 11.0. The minimum absolute atomic E-state index is 0.0123. The van der Waals surface area contributed by atoms with Crippen LogP contribution in [-0.4, -0.2) is 17.7 Å².